The van der Waals surface area contributed by atoms with Crippen molar-refractivity contribution < 1.29 is 21.6 Å². The highest BCUT2D eigenvalue weighted by molar-refractivity contribution is 7.96. The lowest BCUT2D eigenvalue weighted by Crippen LogP contribution is -2.50. The van der Waals surface area contributed by atoms with Crippen LogP contribution in [0.1, 0.15) is 5.56 Å². The lowest BCUT2D eigenvalue weighted by molar-refractivity contribution is 0.0222. The van der Waals surface area contributed by atoms with Crippen molar-refractivity contribution in [2.75, 3.05) is 37.8 Å². The third-order valence-electron chi connectivity index (χ3n) is 4.53. The SMILES string of the molecule is Cc1ccc(S(=O)(=O)[C@H]2CS(=O)(=O)C[C@@H]2N2CCOCC2)cc1. The average Bonchev–Trinajstić information content (AvgIpc) is 2.85. The van der Waals surface area contributed by atoms with E-state index in [1.807, 2.05) is 11.8 Å². The van der Waals surface area contributed by atoms with Crippen LogP contribution in [0, 0.1) is 6.92 Å². The van der Waals surface area contributed by atoms with Gasteiger partial charge in [-0.3, -0.25) is 4.90 Å². The van der Waals surface area contributed by atoms with Gasteiger partial charge in [-0.2, -0.15) is 0 Å². The molecule has 6 nitrogen and oxygen atoms in total. The van der Waals surface area contributed by atoms with Crippen molar-refractivity contribution in [3.05, 3.63) is 29.8 Å². The van der Waals surface area contributed by atoms with Crippen molar-refractivity contribution in [1.29, 1.82) is 0 Å². The van der Waals surface area contributed by atoms with Crippen LogP contribution >= 0.6 is 0 Å². The lowest BCUT2D eigenvalue weighted by atomic mass is 10.2. The number of benzene rings is 1. The van der Waals surface area contributed by atoms with Crippen LogP contribution in [0.15, 0.2) is 29.2 Å². The molecule has 1 aromatic carbocycles. The quantitative estimate of drug-likeness (QED) is 0.770. The lowest BCUT2D eigenvalue weighted by Gasteiger charge is -2.34. The number of nitrogens with zero attached hydrogens (tertiary/aromatic N) is 1. The van der Waals surface area contributed by atoms with Crippen molar-refractivity contribution in [1.82, 2.24) is 4.90 Å². The molecular weight excluding hydrogens is 338 g/mol. The van der Waals surface area contributed by atoms with E-state index in [9.17, 15) is 16.8 Å². The van der Waals surface area contributed by atoms with Gasteiger partial charge in [0.25, 0.3) is 0 Å². The molecule has 0 amide bonds. The Bertz CT molecular complexity index is 765. The van der Waals surface area contributed by atoms with Gasteiger partial charge in [0.05, 0.1) is 34.9 Å². The highest BCUT2D eigenvalue weighted by Crippen LogP contribution is 2.29. The molecule has 0 N–H and O–H groups in total. The van der Waals surface area contributed by atoms with Gasteiger partial charge in [0.15, 0.2) is 19.7 Å². The van der Waals surface area contributed by atoms with Crippen LogP contribution in [0.25, 0.3) is 0 Å². The Labute approximate surface area is 137 Å². The summed E-state index contributed by atoms with van der Waals surface area (Å²) in [7, 11) is -7.04. The van der Waals surface area contributed by atoms with E-state index >= 15 is 0 Å². The fraction of sp³-hybridized carbons (Fsp3) is 0.600. The first-order valence-electron chi connectivity index (χ1n) is 7.62. The van der Waals surface area contributed by atoms with Crippen LogP contribution < -0.4 is 0 Å². The Balaban J connectivity index is 1.95. The second-order valence-electron chi connectivity index (χ2n) is 6.19. The van der Waals surface area contributed by atoms with Gasteiger partial charge in [0.2, 0.25) is 0 Å². The van der Waals surface area contributed by atoms with Gasteiger partial charge in [-0.25, -0.2) is 16.8 Å². The molecule has 2 saturated heterocycles. The first kappa shape index (κ1) is 16.9. The topological polar surface area (TPSA) is 80.8 Å². The summed E-state index contributed by atoms with van der Waals surface area (Å²) in [4.78, 5) is 2.15. The van der Waals surface area contributed by atoms with Crippen molar-refractivity contribution in [3.8, 4) is 0 Å². The van der Waals surface area contributed by atoms with E-state index in [2.05, 4.69) is 0 Å². The molecule has 2 aliphatic heterocycles. The molecule has 0 saturated carbocycles. The Morgan fingerprint density at radius 3 is 2.30 bits per heavy atom. The summed E-state index contributed by atoms with van der Waals surface area (Å²) in [6.45, 7) is 4.04. The summed E-state index contributed by atoms with van der Waals surface area (Å²) in [5, 5.41) is -0.909. The molecule has 128 valence electrons. The fourth-order valence-corrected chi connectivity index (χ4v) is 8.08. The van der Waals surface area contributed by atoms with Crippen molar-refractivity contribution in [3.63, 3.8) is 0 Å². The third-order valence-corrected chi connectivity index (χ3v) is 8.67. The summed E-state index contributed by atoms with van der Waals surface area (Å²) >= 11 is 0. The molecule has 0 spiro atoms. The molecule has 0 unspecified atom stereocenters. The van der Waals surface area contributed by atoms with Crippen LogP contribution in [0.5, 0.6) is 0 Å². The van der Waals surface area contributed by atoms with E-state index in [0.29, 0.717) is 26.3 Å². The Hall–Kier alpha value is -0.960. The van der Waals surface area contributed by atoms with Crippen molar-refractivity contribution in [2.24, 2.45) is 0 Å². The summed E-state index contributed by atoms with van der Waals surface area (Å²) in [5.41, 5.74) is 0.965. The van der Waals surface area contributed by atoms with Crippen LogP contribution in [-0.2, 0) is 24.4 Å². The molecular formula is C15H21NO5S2. The molecule has 0 radical (unpaired) electrons. The van der Waals surface area contributed by atoms with Gasteiger partial charge in [-0.1, -0.05) is 17.7 Å². The summed E-state index contributed by atoms with van der Waals surface area (Å²) < 4.78 is 55.4. The Morgan fingerprint density at radius 2 is 1.70 bits per heavy atom. The van der Waals surface area contributed by atoms with Gasteiger partial charge in [-0.05, 0) is 19.1 Å². The van der Waals surface area contributed by atoms with E-state index < -0.39 is 31.0 Å². The third kappa shape index (κ3) is 3.45. The molecule has 1 aromatic rings. The van der Waals surface area contributed by atoms with Gasteiger partial charge >= 0.3 is 0 Å². The van der Waals surface area contributed by atoms with E-state index in [0.717, 1.165) is 5.56 Å². The minimum atomic E-state index is -3.69. The van der Waals surface area contributed by atoms with E-state index in [1.165, 1.54) is 0 Å². The average molecular weight is 359 g/mol. The minimum Gasteiger partial charge on any atom is -0.379 e. The van der Waals surface area contributed by atoms with Crippen molar-refractivity contribution in [2.45, 2.75) is 23.1 Å². The highest BCUT2D eigenvalue weighted by Gasteiger charge is 2.48. The monoisotopic (exact) mass is 359 g/mol. The maximum atomic E-state index is 13.0. The normalized spacial score (nSPS) is 28.7. The van der Waals surface area contributed by atoms with E-state index in [4.69, 9.17) is 4.74 Å². The maximum Gasteiger partial charge on any atom is 0.183 e. The van der Waals surface area contributed by atoms with E-state index in [-0.39, 0.29) is 16.4 Å². The molecule has 2 atom stereocenters. The number of hydrogen-bond donors (Lipinski definition) is 0. The Morgan fingerprint density at radius 1 is 1.09 bits per heavy atom. The maximum absolute atomic E-state index is 13.0. The number of ether oxygens (including phenoxy) is 1. The standard InChI is InChI=1S/C15H21NO5S2/c1-12-2-4-13(5-3-12)23(19,20)15-11-22(17,18)10-14(15)16-6-8-21-9-7-16/h2-5,14-15H,6-11H2,1H3/t14-,15-/m0/s1. The van der Waals surface area contributed by atoms with Crippen LogP contribution in [-0.4, -0.2) is 70.8 Å². The minimum absolute atomic E-state index is 0.0945. The summed E-state index contributed by atoms with van der Waals surface area (Å²) in [5.74, 6) is -0.395. The zero-order valence-corrected chi connectivity index (χ0v) is 14.6. The molecule has 0 aliphatic carbocycles. The molecule has 0 aromatic heterocycles. The first-order valence-corrected chi connectivity index (χ1v) is 11.0. The highest BCUT2D eigenvalue weighted by atomic mass is 32.2. The molecule has 2 heterocycles. The molecule has 2 aliphatic rings. The van der Waals surface area contributed by atoms with Crippen molar-refractivity contribution >= 4 is 19.7 Å². The largest absolute Gasteiger partial charge is 0.379 e. The second-order valence-corrected chi connectivity index (χ2v) is 10.5. The predicted octanol–water partition coefficient (Wildman–Crippen LogP) is 0.267. The van der Waals surface area contributed by atoms with Gasteiger partial charge in [-0.15, -0.1) is 0 Å². The van der Waals surface area contributed by atoms with Crippen LogP contribution in [0.2, 0.25) is 0 Å². The fourth-order valence-electron chi connectivity index (χ4n) is 3.25. The molecule has 2 fully saturated rings. The predicted molar refractivity (Wildman–Crippen MR) is 87.0 cm³/mol. The number of rotatable bonds is 3. The van der Waals surface area contributed by atoms with E-state index in [1.54, 1.807) is 24.3 Å². The molecule has 0 bridgehead atoms. The van der Waals surface area contributed by atoms with Gasteiger partial charge in [0, 0.05) is 19.1 Å². The van der Waals surface area contributed by atoms with Crippen LogP contribution in [0.4, 0.5) is 0 Å². The number of aryl methyl sites for hydroxylation is 1. The van der Waals surface area contributed by atoms with Gasteiger partial charge < -0.3 is 4.74 Å². The molecule has 23 heavy (non-hydrogen) atoms. The van der Waals surface area contributed by atoms with Gasteiger partial charge in [0.1, 0.15) is 0 Å². The summed E-state index contributed by atoms with van der Waals surface area (Å²) in [6, 6.07) is 6.10. The first-order chi connectivity index (χ1) is 10.8. The molecule has 8 heteroatoms. The smallest absolute Gasteiger partial charge is 0.183 e. The zero-order valence-electron chi connectivity index (χ0n) is 13.0. The summed E-state index contributed by atoms with van der Waals surface area (Å²) in [6.07, 6.45) is 0. The number of morpholine rings is 1. The zero-order chi connectivity index (χ0) is 16.7. The number of hydrogen-bond acceptors (Lipinski definition) is 6. The second kappa shape index (κ2) is 6.16. The Kier molecular flexibility index (Phi) is 4.52. The molecule has 3 rings (SSSR count). The number of sulfone groups is 2. The van der Waals surface area contributed by atoms with Crippen LogP contribution in [0.3, 0.4) is 0 Å².